The van der Waals surface area contributed by atoms with Crippen molar-refractivity contribution in [2.45, 2.75) is 13.5 Å². The summed E-state index contributed by atoms with van der Waals surface area (Å²) in [6.45, 7) is 6.51. The van der Waals surface area contributed by atoms with Crippen molar-refractivity contribution in [2.75, 3.05) is 44.9 Å². The zero-order valence-electron chi connectivity index (χ0n) is 16.6. The Kier molecular flexibility index (Phi) is 7.09. The highest BCUT2D eigenvalue weighted by molar-refractivity contribution is 5.92. The van der Waals surface area contributed by atoms with Crippen molar-refractivity contribution in [1.82, 2.24) is 4.90 Å². The predicted molar refractivity (Wildman–Crippen MR) is 113 cm³/mol. The van der Waals surface area contributed by atoms with Crippen molar-refractivity contribution in [3.63, 3.8) is 0 Å². The topological polar surface area (TPSA) is 42.0 Å². The first-order valence-electron chi connectivity index (χ1n) is 9.74. The minimum Gasteiger partial charge on any atom is -0.493 e. The van der Waals surface area contributed by atoms with Gasteiger partial charge in [0.15, 0.2) is 0 Å². The van der Waals surface area contributed by atoms with E-state index in [9.17, 15) is 4.79 Å². The van der Waals surface area contributed by atoms with Crippen LogP contribution in [-0.2, 0) is 16.1 Å². The number of carbonyl (C=O) groups is 1. The Morgan fingerprint density at radius 1 is 1.14 bits per heavy atom. The van der Waals surface area contributed by atoms with Crippen LogP contribution in [0.3, 0.4) is 0 Å². The Morgan fingerprint density at radius 3 is 2.57 bits per heavy atom. The minimum absolute atomic E-state index is 0.0384. The molecule has 0 saturated carbocycles. The van der Waals surface area contributed by atoms with Crippen LogP contribution < -0.4 is 9.64 Å². The van der Waals surface area contributed by atoms with Gasteiger partial charge in [0.25, 0.3) is 0 Å². The Morgan fingerprint density at radius 2 is 1.86 bits per heavy atom. The first-order chi connectivity index (χ1) is 13.7. The molecule has 0 radical (unpaired) electrons. The van der Waals surface area contributed by atoms with Crippen LogP contribution in [-0.4, -0.2) is 50.8 Å². The standard InChI is InChI=1S/C23H28N2O3/c1-3-28-22-7-5-4-6-20(22)10-13-23(26)24(2)18-19-8-11-21(12-9-19)25-14-16-27-17-15-25/h4-13H,3,14-18H2,1-2H3/b13-10+. The summed E-state index contributed by atoms with van der Waals surface area (Å²) in [6.07, 6.45) is 3.41. The minimum atomic E-state index is -0.0384. The van der Waals surface area contributed by atoms with Gasteiger partial charge in [-0.25, -0.2) is 0 Å². The molecule has 5 nitrogen and oxygen atoms in total. The Balaban J connectivity index is 1.58. The van der Waals surface area contributed by atoms with E-state index in [1.165, 1.54) is 5.69 Å². The number of rotatable bonds is 7. The van der Waals surface area contributed by atoms with E-state index in [1.807, 2.05) is 44.3 Å². The monoisotopic (exact) mass is 380 g/mol. The van der Waals surface area contributed by atoms with E-state index in [-0.39, 0.29) is 5.91 Å². The Labute approximate surface area is 167 Å². The van der Waals surface area contributed by atoms with Gasteiger partial charge in [-0.15, -0.1) is 0 Å². The van der Waals surface area contributed by atoms with Crippen molar-refractivity contribution >= 4 is 17.7 Å². The van der Waals surface area contributed by atoms with E-state index in [4.69, 9.17) is 9.47 Å². The van der Waals surface area contributed by atoms with Gasteiger partial charge < -0.3 is 19.3 Å². The van der Waals surface area contributed by atoms with Crippen LogP contribution >= 0.6 is 0 Å². The molecule has 3 rings (SSSR count). The van der Waals surface area contributed by atoms with Gasteiger partial charge in [0.1, 0.15) is 5.75 Å². The highest BCUT2D eigenvalue weighted by Crippen LogP contribution is 2.20. The molecule has 5 heteroatoms. The van der Waals surface area contributed by atoms with Crippen molar-refractivity contribution in [3.05, 3.63) is 65.7 Å². The lowest BCUT2D eigenvalue weighted by Gasteiger charge is -2.29. The Bertz CT molecular complexity index is 796. The fourth-order valence-corrected chi connectivity index (χ4v) is 3.18. The quantitative estimate of drug-likeness (QED) is 0.689. The maximum absolute atomic E-state index is 12.5. The normalized spacial score (nSPS) is 14.3. The number of benzene rings is 2. The number of anilines is 1. The van der Waals surface area contributed by atoms with Crippen LogP contribution in [0.4, 0.5) is 5.69 Å². The van der Waals surface area contributed by atoms with Gasteiger partial charge in [-0.2, -0.15) is 0 Å². The second-order valence-corrected chi connectivity index (χ2v) is 6.76. The lowest BCUT2D eigenvalue weighted by atomic mass is 10.1. The van der Waals surface area contributed by atoms with E-state index < -0.39 is 0 Å². The number of nitrogens with zero attached hydrogens (tertiary/aromatic N) is 2. The highest BCUT2D eigenvalue weighted by Gasteiger charge is 2.12. The maximum atomic E-state index is 12.5. The van der Waals surface area contributed by atoms with Crippen LogP contribution in [0.25, 0.3) is 6.08 Å². The van der Waals surface area contributed by atoms with E-state index in [1.54, 1.807) is 11.0 Å². The number of likely N-dealkylation sites (N-methyl/N-ethyl adjacent to an activating group) is 1. The van der Waals surface area contributed by atoms with Crippen LogP contribution in [0.15, 0.2) is 54.6 Å². The molecule has 1 saturated heterocycles. The largest absolute Gasteiger partial charge is 0.493 e. The summed E-state index contributed by atoms with van der Waals surface area (Å²) in [7, 11) is 1.82. The first-order valence-corrected chi connectivity index (χ1v) is 9.74. The zero-order chi connectivity index (χ0) is 19.8. The average molecular weight is 380 g/mol. The number of para-hydroxylation sites is 1. The summed E-state index contributed by atoms with van der Waals surface area (Å²) in [6, 6.07) is 16.1. The molecular weight excluding hydrogens is 352 g/mol. The van der Waals surface area contributed by atoms with E-state index >= 15 is 0 Å². The molecule has 1 aliphatic heterocycles. The molecular formula is C23H28N2O3. The van der Waals surface area contributed by atoms with Crippen molar-refractivity contribution in [2.24, 2.45) is 0 Å². The molecule has 1 amide bonds. The van der Waals surface area contributed by atoms with Gasteiger partial charge in [-0.3, -0.25) is 4.79 Å². The molecule has 28 heavy (non-hydrogen) atoms. The lowest BCUT2D eigenvalue weighted by molar-refractivity contribution is -0.125. The smallest absolute Gasteiger partial charge is 0.246 e. The Hall–Kier alpha value is -2.79. The molecule has 0 aliphatic carbocycles. The predicted octanol–water partition coefficient (Wildman–Crippen LogP) is 3.59. The SMILES string of the molecule is CCOc1ccccc1/C=C/C(=O)N(C)Cc1ccc(N2CCOCC2)cc1. The third-order valence-corrected chi connectivity index (χ3v) is 4.73. The van der Waals surface area contributed by atoms with Gasteiger partial charge in [0.05, 0.1) is 19.8 Å². The average Bonchev–Trinajstić information content (AvgIpc) is 2.74. The second-order valence-electron chi connectivity index (χ2n) is 6.76. The lowest BCUT2D eigenvalue weighted by Crippen LogP contribution is -2.36. The molecule has 1 fully saturated rings. The van der Waals surface area contributed by atoms with Crippen molar-refractivity contribution in [3.8, 4) is 5.75 Å². The molecule has 0 N–H and O–H groups in total. The number of carbonyl (C=O) groups excluding carboxylic acids is 1. The van der Waals surface area contributed by atoms with Gasteiger partial charge in [0, 0.05) is 44.0 Å². The number of hydrogen-bond donors (Lipinski definition) is 0. The summed E-state index contributed by atoms with van der Waals surface area (Å²) in [4.78, 5) is 16.5. The summed E-state index contributed by atoms with van der Waals surface area (Å²) < 4.78 is 11.0. The molecule has 0 unspecified atom stereocenters. The van der Waals surface area contributed by atoms with Crippen LogP contribution in [0.2, 0.25) is 0 Å². The summed E-state index contributed by atoms with van der Waals surface area (Å²) in [5.41, 5.74) is 3.21. The third kappa shape index (κ3) is 5.36. The summed E-state index contributed by atoms with van der Waals surface area (Å²) >= 11 is 0. The van der Waals surface area contributed by atoms with E-state index in [0.29, 0.717) is 13.2 Å². The molecule has 1 heterocycles. The van der Waals surface area contributed by atoms with Crippen molar-refractivity contribution < 1.29 is 14.3 Å². The number of hydrogen-bond acceptors (Lipinski definition) is 4. The van der Waals surface area contributed by atoms with Crippen LogP contribution in [0.1, 0.15) is 18.1 Å². The van der Waals surface area contributed by atoms with Crippen LogP contribution in [0, 0.1) is 0 Å². The molecule has 0 bridgehead atoms. The number of amides is 1. The summed E-state index contributed by atoms with van der Waals surface area (Å²) in [5.74, 6) is 0.749. The van der Waals surface area contributed by atoms with E-state index in [2.05, 4.69) is 29.2 Å². The maximum Gasteiger partial charge on any atom is 0.246 e. The number of morpholine rings is 1. The summed E-state index contributed by atoms with van der Waals surface area (Å²) in [5, 5.41) is 0. The molecule has 1 aliphatic rings. The fourth-order valence-electron chi connectivity index (χ4n) is 3.18. The molecule has 2 aromatic rings. The van der Waals surface area contributed by atoms with Crippen molar-refractivity contribution in [1.29, 1.82) is 0 Å². The van der Waals surface area contributed by atoms with Gasteiger partial charge in [-0.05, 0) is 36.8 Å². The highest BCUT2D eigenvalue weighted by atomic mass is 16.5. The second kappa shape index (κ2) is 9.95. The molecule has 2 aromatic carbocycles. The van der Waals surface area contributed by atoms with Gasteiger partial charge >= 0.3 is 0 Å². The van der Waals surface area contributed by atoms with E-state index in [0.717, 1.165) is 43.2 Å². The van der Waals surface area contributed by atoms with Gasteiger partial charge in [-0.1, -0.05) is 30.3 Å². The molecule has 0 atom stereocenters. The third-order valence-electron chi connectivity index (χ3n) is 4.73. The zero-order valence-corrected chi connectivity index (χ0v) is 16.6. The van der Waals surface area contributed by atoms with Gasteiger partial charge in [0.2, 0.25) is 5.91 Å². The van der Waals surface area contributed by atoms with Crippen LogP contribution in [0.5, 0.6) is 5.75 Å². The molecule has 0 aromatic heterocycles. The first kappa shape index (κ1) is 20.0. The number of ether oxygens (including phenoxy) is 2. The molecule has 0 spiro atoms. The fraction of sp³-hybridized carbons (Fsp3) is 0.348. The molecule has 148 valence electrons.